The molecule has 1 heterocycles. The monoisotopic (exact) mass is 536 g/mol. The average molecular weight is 537 g/mol. The zero-order valence-electron chi connectivity index (χ0n) is 21.4. The second-order valence-corrected chi connectivity index (χ2v) is 10.1. The van der Waals surface area contributed by atoms with Crippen molar-refractivity contribution in [2.75, 3.05) is 6.61 Å². The quantitative estimate of drug-likeness (QED) is 0.311. The molecule has 0 unspecified atom stereocenters. The molecule has 8 heteroatoms. The molecular formula is C30H32O7S. The first-order valence-corrected chi connectivity index (χ1v) is 13.4. The summed E-state index contributed by atoms with van der Waals surface area (Å²) in [5.74, 6) is -1.02. The Morgan fingerprint density at radius 3 is 1.82 bits per heavy atom. The van der Waals surface area contributed by atoms with Crippen molar-refractivity contribution in [3.63, 3.8) is 0 Å². The van der Waals surface area contributed by atoms with Gasteiger partial charge in [-0.15, -0.1) is 0 Å². The molecule has 0 bridgehead atoms. The zero-order chi connectivity index (χ0) is 26.7. The third-order valence-corrected chi connectivity index (χ3v) is 7.03. The molecule has 0 spiro atoms. The summed E-state index contributed by atoms with van der Waals surface area (Å²) in [6, 6.07) is 29.2. The summed E-state index contributed by atoms with van der Waals surface area (Å²) < 4.78 is 30.3. The fourth-order valence-corrected chi connectivity index (χ4v) is 5.36. The van der Waals surface area contributed by atoms with Gasteiger partial charge in [-0.3, -0.25) is 9.59 Å². The molecule has 0 saturated carbocycles. The van der Waals surface area contributed by atoms with Crippen LogP contribution in [0.15, 0.2) is 95.9 Å². The van der Waals surface area contributed by atoms with E-state index in [1.807, 2.05) is 91.0 Å². The van der Waals surface area contributed by atoms with E-state index in [0.29, 0.717) is 6.61 Å². The Morgan fingerprint density at radius 1 is 0.711 bits per heavy atom. The number of esters is 2. The minimum atomic E-state index is -0.916. The Bertz CT molecular complexity index is 1140. The fraction of sp³-hybridized carbons (Fsp3) is 0.333. The van der Waals surface area contributed by atoms with Gasteiger partial charge in [-0.1, -0.05) is 90.6 Å². The van der Waals surface area contributed by atoms with E-state index >= 15 is 0 Å². The van der Waals surface area contributed by atoms with E-state index in [1.165, 1.54) is 25.6 Å². The second kappa shape index (κ2) is 14.1. The normalized spacial score (nSPS) is 22.9. The van der Waals surface area contributed by atoms with Gasteiger partial charge in [0.2, 0.25) is 0 Å². The summed E-state index contributed by atoms with van der Waals surface area (Å²) >= 11 is 1.46. The number of ether oxygens (including phenoxy) is 5. The Hall–Kier alpha value is -3.17. The van der Waals surface area contributed by atoms with Crippen LogP contribution in [-0.4, -0.2) is 48.4 Å². The molecule has 0 radical (unpaired) electrons. The molecule has 38 heavy (non-hydrogen) atoms. The van der Waals surface area contributed by atoms with Gasteiger partial charge in [0.15, 0.2) is 12.2 Å². The van der Waals surface area contributed by atoms with Crippen molar-refractivity contribution >= 4 is 23.7 Å². The summed E-state index contributed by atoms with van der Waals surface area (Å²) in [6.45, 7) is 3.39. The highest BCUT2D eigenvalue weighted by Gasteiger charge is 2.51. The van der Waals surface area contributed by atoms with Gasteiger partial charge in [-0.05, 0) is 23.3 Å². The van der Waals surface area contributed by atoms with Crippen LogP contribution >= 0.6 is 11.8 Å². The maximum atomic E-state index is 12.2. The highest BCUT2D eigenvalue weighted by Crippen LogP contribution is 2.37. The molecule has 3 aromatic carbocycles. The van der Waals surface area contributed by atoms with Crippen LogP contribution in [0.2, 0.25) is 0 Å². The minimum Gasteiger partial charge on any atom is -0.456 e. The first kappa shape index (κ1) is 27.9. The lowest BCUT2D eigenvalue weighted by atomic mass is 9.99. The van der Waals surface area contributed by atoms with Crippen molar-refractivity contribution in [3.05, 3.63) is 102 Å². The smallest absolute Gasteiger partial charge is 0.303 e. The summed E-state index contributed by atoms with van der Waals surface area (Å²) in [4.78, 5) is 25.3. The molecule has 0 N–H and O–H groups in total. The summed E-state index contributed by atoms with van der Waals surface area (Å²) in [7, 11) is 0. The van der Waals surface area contributed by atoms with Crippen molar-refractivity contribution in [1.29, 1.82) is 0 Å². The number of thioether (sulfide) groups is 1. The molecule has 0 amide bonds. The van der Waals surface area contributed by atoms with Crippen molar-refractivity contribution in [3.8, 4) is 0 Å². The maximum Gasteiger partial charge on any atom is 0.303 e. The van der Waals surface area contributed by atoms with Gasteiger partial charge in [0, 0.05) is 18.7 Å². The van der Waals surface area contributed by atoms with Crippen molar-refractivity contribution in [1.82, 2.24) is 0 Å². The lowest BCUT2D eigenvalue weighted by Crippen LogP contribution is -2.61. The van der Waals surface area contributed by atoms with Crippen LogP contribution in [0.5, 0.6) is 0 Å². The molecule has 1 aliphatic rings. The highest BCUT2D eigenvalue weighted by molar-refractivity contribution is 7.99. The lowest BCUT2D eigenvalue weighted by Gasteiger charge is -2.44. The predicted molar refractivity (Wildman–Crippen MR) is 143 cm³/mol. The highest BCUT2D eigenvalue weighted by atomic mass is 32.2. The van der Waals surface area contributed by atoms with E-state index in [-0.39, 0.29) is 13.2 Å². The van der Waals surface area contributed by atoms with E-state index in [1.54, 1.807) is 0 Å². The number of hydrogen-bond donors (Lipinski definition) is 0. The number of hydrogen-bond acceptors (Lipinski definition) is 8. The van der Waals surface area contributed by atoms with Gasteiger partial charge >= 0.3 is 11.9 Å². The number of rotatable bonds is 11. The van der Waals surface area contributed by atoms with Crippen molar-refractivity contribution in [2.24, 2.45) is 0 Å². The van der Waals surface area contributed by atoms with E-state index in [4.69, 9.17) is 23.7 Å². The van der Waals surface area contributed by atoms with E-state index in [2.05, 4.69) is 0 Å². The number of carbonyl (C=O) groups excluding carboxylic acids is 2. The Kier molecular flexibility index (Phi) is 10.3. The third kappa shape index (κ3) is 8.16. The molecule has 0 aromatic heterocycles. The predicted octanol–water partition coefficient (Wildman–Crippen LogP) is 5.17. The van der Waals surface area contributed by atoms with Crippen LogP contribution < -0.4 is 0 Å². The molecule has 3 aromatic rings. The minimum absolute atomic E-state index is 0.127. The molecule has 1 aliphatic heterocycles. The second-order valence-electron chi connectivity index (χ2n) is 8.88. The standard InChI is InChI=1S/C30H32O7S/c1-21(31)35-27-26(20-33-18-23-12-6-3-7-13-23)37-30(38-25-16-10-5-11-17-25)29(28(27)36-22(2)32)34-19-24-14-8-4-9-15-24/h3-17,26-30H,18-20H2,1-2H3/t26-,27+,28+,29-,30+/m1/s1. The summed E-state index contributed by atoms with van der Waals surface area (Å²) in [5, 5.41) is 0. The van der Waals surface area contributed by atoms with E-state index in [9.17, 15) is 9.59 Å². The van der Waals surface area contributed by atoms with Crippen LogP contribution in [0, 0.1) is 0 Å². The van der Waals surface area contributed by atoms with Crippen molar-refractivity contribution < 1.29 is 33.3 Å². The molecule has 200 valence electrons. The maximum absolute atomic E-state index is 12.2. The van der Waals surface area contributed by atoms with Crippen LogP contribution in [0.4, 0.5) is 0 Å². The molecule has 0 aliphatic carbocycles. The molecule has 7 nitrogen and oxygen atoms in total. The first-order valence-electron chi connectivity index (χ1n) is 12.5. The van der Waals surface area contributed by atoms with Crippen LogP contribution in [0.25, 0.3) is 0 Å². The third-order valence-electron chi connectivity index (χ3n) is 5.87. The van der Waals surface area contributed by atoms with Crippen LogP contribution in [0.3, 0.4) is 0 Å². The lowest BCUT2D eigenvalue weighted by molar-refractivity contribution is -0.242. The Balaban J connectivity index is 1.60. The van der Waals surface area contributed by atoms with Crippen LogP contribution in [0.1, 0.15) is 25.0 Å². The topological polar surface area (TPSA) is 80.3 Å². The Labute approximate surface area is 227 Å². The van der Waals surface area contributed by atoms with Gasteiger partial charge in [-0.2, -0.15) is 0 Å². The SMILES string of the molecule is CC(=O)O[C@H]1[C@@H](OC(C)=O)[C@@H](COCc2ccccc2)O[C@@H](Sc2ccccc2)[C@@H]1OCc1ccccc1. The van der Waals surface area contributed by atoms with Gasteiger partial charge in [0.25, 0.3) is 0 Å². The molecule has 1 saturated heterocycles. The molecule has 5 atom stereocenters. The van der Waals surface area contributed by atoms with Gasteiger partial charge < -0.3 is 23.7 Å². The number of carbonyl (C=O) groups is 2. The van der Waals surface area contributed by atoms with E-state index < -0.39 is 41.8 Å². The van der Waals surface area contributed by atoms with E-state index in [0.717, 1.165) is 16.0 Å². The fourth-order valence-electron chi connectivity index (χ4n) is 4.21. The molecule has 4 rings (SSSR count). The molecular weight excluding hydrogens is 504 g/mol. The number of benzene rings is 3. The summed E-state index contributed by atoms with van der Waals surface area (Å²) in [6.07, 6.45) is -3.23. The zero-order valence-corrected chi connectivity index (χ0v) is 22.3. The molecule has 1 fully saturated rings. The van der Waals surface area contributed by atoms with Gasteiger partial charge in [-0.25, -0.2) is 0 Å². The van der Waals surface area contributed by atoms with Crippen molar-refractivity contribution in [2.45, 2.75) is 61.8 Å². The van der Waals surface area contributed by atoms with Gasteiger partial charge in [0.05, 0.1) is 19.8 Å². The van der Waals surface area contributed by atoms with Crippen LogP contribution in [-0.2, 0) is 46.5 Å². The summed E-state index contributed by atoms with van der Waals surface area (Å²) in [5.41, 5.74) is 1.39. The average Bonchev–Trinajstić information content (AvgIpc) is 2.91. The van der Waals surface area contributed by atoms with Gasteiger partial charge in [0.1, 0.15) is 17.6 Å². The largest absolute Gasteiger partial charge is 0.456 e. The Morgan fingerprint density at radius 2 is 1.24 bits per heavy atom. The first-order chi connectivity index (χ1) is 18.5.